The fraction of sp³-hybridized carbons (Fsp3) is 0.323. The molecule has 0 spiro atoms. The molecule has 1 aliphatic carbocycles. The van der Waals surface area contributed by atoms with Crippen molar-refractivity contribution >= 4 is 28.9 Å². The summed E-state index contributed by atoms with van der Waals surface area (Å²) in [4.78, 5) is 45.0. The number of rotatable bonds is 11. The van der Waals surface area contributed by atoms with Gasteiger partial charge in [0.1, 0.15) is 17.5 Å². The summed E-state index contributed by atoms with van der Waals surface area (Å²) >= 11 is 0. The molecule has 5 rings (SSSR count). The van der Waals surface area contributed by atoms with Gasteiger partial charge in [-0.15, -0.1) is 0 Å². The summed E-state index contributed by atoms with van der Waals surface area (Å²) in [5, 5.41) is 21.1. The topological polar surface area (TPSA) is 144 Å². The van der Waals surface area contributed by atoms with E-state index >= 15 is 0 Å². The number of amides is 1. The van der Waals surface area contributed by atoms with Crippen LogP contribution in [0.2, 0.25) is 0 Å². The number of hydrogen-bond acceptors (Lipinski definition) is 6. The van der Waals surface area contributed by atoms with Crippen molar-refractivity contribution in [3.63, 3.8) is 0 Å². The van der Waals surface area contributed by atoms with Crippen molar-refractivity contribution in [1.82, 2.24) is 19.9 Å². The van der Waals surface area contributed by atoms with Gasteiger partial charge in [0.25, 0.3) is 0 Å². The Bertz CT molecular complexity index is 1530. The van der Waals surface area contributed by atoms with Gasteiger partial charge in [0.15, 0.2) is 12.4 Å². The molecule has 1 amide bonds. The second-order valence-electron chi connectivity index (χ2n) is 10.3. The van der Waals surface area contributed by atoms with Crippen molar-refractivity contribution in [1.29, 1.82) is 0 Å². The summed E-state index contributed by atoms with van der Waals surface area (Å²) < 4.78 is 7.40. The van der Waals surface area contributed by atoms with Crippen molar-refractivity contribution in [2.45, 2.75) is 57.0 Å². The maximum atomic E-state index is 12.9. The zero-order valence-corrected chi connectivity index (χ0v) is 22.5. The lowest BCUT2D eigenvalue weighted by Crippen LogP contribution is -2.43. The molecule has 10 nitrogen and oxygen atoms in total. The first-order valence-electron chi connectivity index (χ1n) is 13.8. The number of hydrogen-bond donors (Lipinski definition) is 3. The molecule has 2 aromatic carbocycles. The van der Waals surface area contributed by atoms with E-state index in [1.807, 2.05) is 36.4 Å². The SMILES string of the molecule is O=C(O)COc1ccc(C[C@@H](NC(=O)Cc2ccc3c(c2)nc(-c2ccccn2)n3C2CCCCC2)C(=O)O)cc1. The van der Waals surface area contributed by atoms with E-state index in [-0.39, 0.29) is 12.8 Å². The molecular weight excluding hydrogens is 524 g/mol. The summed E-state index contributed by atoms with van der Waals surface area (Å²) in [6, 6.07) is 17.2. The number of nitrogens with one attached hydrogen (secondary N) is 1. The molecule has 10 heteroatoms. The molecular formula is C31H32N4O6. The lowest BCUT2D eigenvalue weighted by Gasteiger charge is -2.25. The Morgan fingerprint density at radius 3 is 2.41 bits per heavy atom. The highest BCUT2D eigenvalue weighted by Gasteiger charge is 2.24. The number of imidazole rings is 1. The number of carbonyl (C=O) groups excluding carboxylic acids is 1. The zero-order valence-electron chi connectivity index (χ0n) is 22.5. The molecule has 2 heterocycles. The first-order valence-corrected chi connectivity index (χ1v) is 13.8. The summed E-state index contributed by atoms with van der Waals surface area (Å²) in [5.41, 5.74) is 3.99. The Hall–Kier alpha value is -4.73. The van der Waals surface area contributed by atoms with Crippen LogP contribution in [0.5, 0.6) is 5.75 Å². The molecule has 1 aliphatic rings. The van der Waals surface area contributed by atoms with Crippen LogP contribution in [0, 0.1) is 0 Å². The van der Waals surface area contributed by atoms with Gasteiger partial charge in [0.2, 0.25) is 5.91 Å². The molecule has 0 saturated heterocycles. The molecule has 0 bridgehead atoms. The van der Waals surface area contributed by atoms with Crippen molar-refractivity contribution in [3.05, 3.63) is 78.0 Å². The van der Waals surface area contributed by atoms with Gasteiger partial charge < -0.3 is 24.8 Å². The summed E-state index contributed by atoms with van der Waals surface area (Å²) in [7, 11) is 0. The quantitative estimate of drug-likeness (QED) is 0.246. The lowest BCUT2D eigenvalue weighted by atomic mass is 9.95. The predicted molar refractivity (Wildman–Crippen MR) is 152 cm³/mol. The van der Waals surface area contributed by atoms with Crippen LogP contribution in [-0.2, 0) is 27.2 Å². The number of aliphatic carboxylic acids is 2. The van der Waals surface area contributed by atoms with E-state index in [4.69, 9.17) is 14.8 Å². The van der Waals surface area contributed by atoms with Crippen molar-refractivity contribution in [2.24, 2.45) is 0 Å². The Balaban J connectivity index is 1.30. The van der Waals surface area contributed by atoms with E-state index in [2.05, 4.69) is 14.9 Å². The van der Waals surface area contributed by atoms with E-state index in [0.717, 1.165) is 41.0 Å². The minimum Gasteiger partial charge on any atom is -0.482 e. The maximum Gasteiger partial charge on any atom is 0.341 e. The van der Waals surface area contributed by atoms with Gasteiger partial charge in [-0.05, 0) is 60.4 Å². The third-order valence-electron chi connectivity index (χ3n) is 7.31. The molecule has 1 saturated carbocycles. The van der Waals surface area contributed by atoms with E-state index in [9.17, 15) is 19.5 Å². The normalized spacial score (nSPS) is 14.4. The predicted octanol–water partition coefficient (Wildman–Crippen LogP) is 4.42. The Morgan fingerprint density at radius 1 is 0.976 bits per heavy atom. The van der Waals surface area contributed by atoms with Crippen LogP contribution in [-0.4, -0.2) is 55.2 Å². The van der Waals surface area contributed by atoms with Crippen LogP contribution < -0.4 is 10.1 Å². The second kappa shape index (κ2) is 12.6. The van der Waals surface area contributed by atoms with Crippen LogP contribution >= 0.6 is 0 Å². The van der Waals surface area contributed by atoms with Gasteiger partial charge in [0.05, 0.1) is 17.5 Å². The molecule has 41 heavy (non-hydrogen) atoms. The zero-order chi connectivity index (χ0) is 28.8. The van der Waals surface area contributed by atoms with Gasteiger partial charge >= 0.3 is 11.9 Å². The molecule has 212 valence electrons. The highest BCUT2D eigenvalue weighted by atomic mass is 16.5. The molecule has 3 N–H and O–H groups in total. The second-order valence-corrected chi connectivity index (χ2v) is 10.3. The van der Waals surface area contributed by atoms with E-state index in [1.54, 1.807) is 30.5 Å². The molecule has 2 aromatic heterocycles. The Kier molecular flexibility index (Phi) is 8.57. The lowest BCUT2D eigenvalue weighted by molar-refractivity contribution is -0.141. The van der Waals surface area contributed by atoms with E-state index in [0.29, 0.717) is 17.4 Å². The minimum atomic E-state index is -1.15. The number of fused-ring (bicyclic) bond motifs is 1. The summed E-state index contributed by atoms with van der Waals surface area (Å²) in [6.07, 6.45) is 7.61. The Labute approximate surface area is 237 Å². The maximum absolute atomic E-state index is 12.9. The fourth-order valence-corrected chi connectivity index (χ4v) is 5.37. The number of pyridine rings is 1. The van der Waals surface area contributed by atoms with Gasteiger partial charge in [-0.3, -0.25) is 9.78 Å². The average molecular weight is 557 g/mol. The van der Waals surface area contributed by atoms with Gasteiger partial charge in [0, 0.05) is 18.7 Å². The van der Waals surface area contributed by atoms with Crippen LogP contribution in [0.25, 0.3) is 22.6 Å². The molecule has 4 aromatic rings. The summed E-state index contributed by atoms with van der Waals surface area (Å²) in [6.45, 7) is -0.468. The first kappa shape index (κ1) is 27.8. The van der Waals surface area contributed by atoms with E-state index < -0.39 is 30.5 Å². The average Bonchev–Trinajstić information content (AvgIpc) is 3.36. The first-order chi connectivity index (χ1) is 19.9. The monoisotopic (exact) mass is 556 g/mol. The molecule has 1 fully saturated rings. The largest absolute Gasteiger partial charge is 0.482 e. The number of nitrogens with zero attached hydrogens (tertiary/aromatic N) is 3. The fourth-order valence-electron chi connectivity index (χ4n) is 5.37. The number of carboxylic acids is 2. The smallest absolute Gasteiger partial charge is 0.341 e. The highest BCUT2D eigenvalue weighted by Crippen LogP contribution is 2.35. The molecule has 0 aliphatic heterocycles. The standard InChI is InChI=1S/C31H32N4O6/c36-28(33-26(31(39)40)16-20-9-12-23(13-10-20)41-19-29(37)38)18-21-11-14-27-25(17-21)34-30(24-8-4-5-15-32-24)35(27)22-6-2-1-3-7-22/h4-5,8-15,17,22,26H,1-3,6-7,16,18-19H2,(H,33,36)(H,37,38)(H,39,40)/t26-/m1/s1. The van der Waals surface area contributed by atoms with Gasteiger partial charge in [-0.1, -0.05) is 43.5 Å². The van der Waals surface area contributed by atoms with Crippen LogP contribution in [0.1, 0.15) is 49.3 Å². The molecule has 0 radical (unpaired) electrons. The number of carbonyl (C=O) groups is 3. The number of benzene rings is 2. The van der Waals surface area contributed by atoms with Crippen LogP contribution in [0.3, 0.4) is 0 Å². The van der Waals surface area contributed by atoms with Crippen molar-refractivity contribution < 1.29 is 29.3 Å². The van der Waals surface area contributed by atoms with Crippen molar-refractivity contribution in [2.75, 3.05) is 6.61 Å². The molecule has 1 atom stereocenters. The van der Waals surface area contributed by atoms with Gasteiger partial charge in [-0.25, -0.2) is 14.6 Å². The highest BCUT2D eigenvalue weighted by molar-refractivity contribution is 5.87. The van der Waals surface area contributed by atoms with Crippen LogP contribution in [0.15, 0.2) is 66.9 Å². The number of ether oxygens (including phenoxy) is 1. The van der Waals surface area contributed by atoms with Crippen molar-refractivity contribution in [3.8, 4) is 17.3 Å². The van der Waals surface area contributed by atoms with Gasteiger partial charge in [-0.2, -0.15) is 0 Å². The molecule has 0 unspecified atom stereocenters. The number of carboxylic acid groups (broad SMARTS) is 2. The number of aromatic nitrogens is 3. The minimum absolute atomic E-state index is 0.0108. The third-order valence-corrected chi connectivity index (χ3v) is 7.31. The van der Waals surface area contributed by atoms with Crippen LogP contribution in [0.4, 0.5) is 0 Å². The Morgan fingerprint density at radius 2 is 1.73 bits per heavy atom. The third kappa shape index (κ3) is 6.89. The summed E-state index contributed by atoms with van der Waals surface area (Å²) in [5.74, 6) is -1.46. The van der Waals surface area contributed by atoms with E-state index in [1.165, 1.54) is 19.3 Å².